The summed E-state index contributed by atoms with van der Waals surface area (Å²) in [5.74, 6) is 0.864. The quantitative estimate of drug-likeness (QED) is 0.788. The summed E-state index contributed by atoms with van der Waals surface area (Å²) in [6.07, 6.45) is 4.43. The Bertz CT molecular complexity index is 491. The molecule has 0 aliphatic carbocycles. The maximum Gasteiger partial charge on any atom is 0.123 e. The number of rotatable bonds is 6. The van der Waals surface area contributed by atoms with Crippen molar-refractivity contribution in [2.75, 3.05) is 20.3 Å². The molecule has 4 nitrogen and oxygen atoms in total. The van der Waals surface area contributed by atoms with Gasteiger partial charge in [-0.3, -0.25) is 4.90 Å². The van der Waals surface area contributed by atoms with Gasteiger partial charge in [-0.15, -0.1) is 0 Å². The molecule has 1 atom stereocenters. The molecule has 1 aromatic carbocycles. The lowest BCUT2D eigenvalue weighted by atomic mass is 9.98. The van der Waals surface area contributed by atoms with Crippen LogP contribution in [-0.2, 0) is 6.54 Å². The van der Waals surface area contributed by atoms with Gasteiger partial charge in [0.15, 0.2) is 0 Å². The lowest BCUT2D eigenvalue weighted by Gasteiger charge is -2.35. The van der Waals surface area contributed by atoms with Gasteiger partial charge in [0.2, 0.25) is 0 Å². The van der Waals surface area contributed by atoms with Crippen LogP contribution in [0.5, 0.6) is 5.75 Å². The molecule has 3 N–H and O–H groups in total. The molecule has 1 saturated heterocycles. The smallest absolute Gasteiger partial charge is 0.123 e. The molecule has 0 amide bonds. The largest absolute Gasteiger partial charge is 0.496 e. The zero-order chi connectivity index (χ0) is 15.2. The third-order valence-electron chi connectivity index (χ3n) is 4.15. The Kier molecular flexibility index (Phi) is 5.96. The first-order valence-electron chi connectivity index (χ1n) is 7.47. The van der Waals surface area contributed by atoms with Crippen LogP contribution in [-0.4, -0.2) is 41.3 Å². The van der Waals surface area contributed by atoms with Crippen molar-refractivity contribution in [2.24, 2.45) is 5.73 Å². The first kappa shape index (κ1) is 16.2. The van der Waals surface area contributed by atoms with Crippen molar-refractivity contribution in [1.29, 1.82) is 0 Å². The lowest BCUT2D eigenvalue weighted by molar-refractivity contribution is 0.111. The summed E-state index contributed by atoms with van der Waals surface area (Å²) in [7, 11) is 1.68. The highest BCUT2D eigenvalue weighted by atomic mass is 32.1. The maximum absolute atomic E-state index is 9.24. The average Bonchev–Trinajstić information content (AvgIpc) is 2.49. The van der Waals surface area contributed by atoms with E-state index in [1.165, 1.54) is 12.8 Å². The molecule has 21 heavy (non-hydrogen) atoms. The summed E-state index contributed by atoms with van der Waals surface area (Å²) in [5, 5.41) is 9.24. The van der Waals surface area contributed by atoms with E-state index in [4.69, 9.17) is 22.7 Å². The molecular formula is C16H24N2O2S. The Morgan fingerprint density at radius 2 is 2.29 bits per heavy atom. The van der Waals surface area contributed by atoms with Crippen LogP contribution in [0, 0.1) is 0 Å². The first-order valence-corrected chi connectivity index (χ1v) is 7.88. The predicted octanol–water partition coefficient (Wildman–Crippen LogP) is 2.07. The number of hydrogen-bond acceptors (Lipinski definition) is 4. The topological polar surface area (TPSA) is 58.7 Å². The number of methoxy groups -OCH3 is 1. The molecule has 5 heteroatoms. The number of hydrogen-bond donors (Lipinski definition) is 2. The molecule has 1 aliphatic heterocycles. The van der Waals surface area contributed by atoms with E-state index in [1.54, 1.807) is 7.11 Å². The van der Waals surface area contributed by atoms with Crippen LogP contribution in [0.3, 0.4) is 0 Å². The lowest BCUT2D eigenvalue weighted by Crippen LogP contribution is -2.39. The van der Waals surface area contributed by atoms with Gasteiger partial charge in [0.1, 0.15) is 10.7 Å². The highest BCUT2D eigenvalue weighted by molar-refractivity contribution is 7.80. The molecule has 0 bridgehead atoms. The summed E-state index contributed by atoms with van der Waals surface area (Å²) in [4.78, 5) is 2.84. The second kappa shape index (κ2) is 7.73. The fourth-order valence-corrected chi connectivity index (χ4v) is 3.15. The van der Waals surface area contributed by atoms with Crippen LogP contribution >= 0.6 is 12.2 Å². The molecule has 0 radical (unpaired) electrons. The Labute approximate surface area is 131 Å². The average molecular weight is 308 g/mol. The second-order valence-corrected chi connectivity index (χ2v) is 5.96. The summed E-state index contributed by atoms with van der Waals surface area (Å²) in [6.45, 7) is 2.11. The molecule has 1 fully saturated rings. The van der Waals surface area contributed by atoms with Gasteiger partial charge in [-0.2, -0.15) is 0 Å². The van der Waals surface area contributed by atoms with E-state index in [0.717, 1.165) is 42.8 Å². The van der Waals surface area contributed by atoms with E-state index in [1.807, 2.05) is 18.2 Å². The Balaban J connectivity index is 2.19. The highest BCUT2D eigenvalue weighted by Crippen LogP contribution is 2.26. The number of benzene rings is 1. The molecule has 1 unspecified atom stereocenters. The minimum Gasteiger partial charge on any atom is -0.496 e. The van der Waals surface area contributed by atoms with Crippen molar-refractivity contribution >= 4 is 17.2 Å². The molecule has 0 spiro atoms. The normalized spacial score (nSPS) is 19.4. The van der Waals surface area contributed by atoms with Gasteiger partial charge >= 0.3 is 0 Å². The fraction of sp³-hybridized carbons (Fsp3) is 0.562. The Hall–Kier alpha value is -1.17. The number of ether oxygens (including phenoxy) is 1. The van der Waals surface area contributed by atoms with Crippen molar-refractivity contribution in [3.8, 4) is 5.75 Å². The van der Waals surface area contributed by atoms with Crippen LogP contribution < -0.4 is 10.5 Å². The molecule has 1 aliphatic rings. The Morgan fingerprint density at radius 1 is 1.48 bits per heavy atom. The number of piperidine rings is 1. The zero-order valence-electron chi connectivity index (χ0n) is 12.5. The van der Waals surface area contributed by atoms with Gasteiger partial charge < -0.3 is 15.6 Å². The van der Waals surface area contributed by atoms with Crippen LogP contribution in [0.4, 0.5) is 0 Å². The summed E-state index contributed by atoms with van der Waals surface area (Å²) < 4.78 is 5.46. The van der Waals surface area contributed by atoms with Crippen molar-refractivity contribution in [3.63, 3.8) is 0 Å². The number of likely N-dealkylation sites (tertiary alicyclic amines) is 1. The number of aliphatic hydroxyl groups excluding tert-OH is 1. The molecule has 1 heterocycles. The maximum atomic E-state index is 9.24. The third-order valence-corrected chi connectivity index (χ3v) is 4.39. The summed E-state index contributed by atoms with van der Waals surface area (Å²) in [6, 6.07) is 6.29. The fourth-order valence-electron chi connectivity index (χ4n) is 3.02. The molecule has 0 aromatic heterocycles. The van der Waals surface area contributed by atoms with E-state index in [0.29, 0.717) is 11.0 Å². The molecule has 0 saturated carbocycles. The van der Waals surface area contributed by atoms with Crippen LogP contribution in [0.25, 0.3) is 0 Å². The van der Waals surface area contributed by atoms with Crippen molar-refractivity contribution in [2.45, 2.75) is 38.3 Å². The summed E-state index contributed by atoms with van der Waals surface area (Å²) >= 11 is 5.06. The monoisotopic (exact) mass is 308 g/mol. The van der Waals surface area contributed by atoms with Gasteiger partial charge in [0.25, 0.3) is 0 Å². The van der Waals surface area contributed by atoms with Gasteiger partial charge in [-0.25, -0.2) is 0 Å². The van der Waals surface area contributed by atoms with Crippen molar-refractivity contribution < 1.29 is 9.84 Å². The molecular weight excluding hydrogens is 284 g/mol. The van der Waals surface area contributed by atoms with E-state index >= 15 is 0 Å². The minimum atomic E-state index is 0.241. The van der Waals surface area contributed by atoms with Gasteiger partial charge in [0, 0.05) is 30.3 Å². The van der Waals surface area contributed by atoms with Crippen molar-refractivity contribution in [1.82, 2.24) is 4.90 Å². The third kappa shape index (κ3) is 4.15. The van der Waals surface area contributed by atoms with E-state index in [2.05, 4.69) is 4.90 Å². The first-order chi connectivity index (χ1) is 10.2. The zero-order valence-corrected chi connectivity index (χ0v) is 13.4. The SMILES string of the molecule is COc1ccc(C(N)=S)cc1CN1CCCCC1CCO. The van der Waals surface area contributed by atoms with Crippen molar-refractivity contribution in [3.05, 3.63) is 29.3 Å². The predicted molar refractivity (Wildman–Crippen MR) is 88.6 cm³/mol. The van der Waals surface area contributed by atoms with Crippen LogP contribution in [0.15, 0.2) is 18.2 Å². The summed E-state index contributed by atoms with van der Waals surface area (Å²) in [5.41, 5.74) is 7.70. The molecule has 1 aromatic rings. The standard InChI is InChI=1S/C16H24N2O2S/c1-20-15-6-5-12(16(17)21)10-13(15)11-18-8-3-2-4-14(18)7-9-19/h5-6,10,14,19H,2-4,7-9,11H2,1H3,(H2,17,21). The molecule has 116 valence electrons. The number of aliphatic hydroxyl groups is 1. The highest BCUT2D eigenvalue weighted by Gasteiger charge is 2.23. The van der Waals surface area contributed by atoms with Gasteiger partial charge in [-0.05, 0) is 44.0 Å². The second-order valence-electron chi connectivity index (χ2n) is 5.52. The van der Waals surface area contributed by atoms with Gasteiger partial charge in [-0.1, -0.05) is 18.6 Å². The van der Waals surface area contributed by atoms with Gasteiger partial charge in [0.05, 0.1) is 7.11 Å². The van der Waals surface area contributed by atoms with E-state index < -0.39 is 0 Å². The van der Waals surface area contributed by atoms with Crippen LogP contribution in [0.1, 0.15) is 36.8 Å². The number of thiocarbonyl (C=S) groups is 1. The number of nitrogens with two attached hydrogens (primary N) is 1. The van der Waals surface area contributed by atoms with E-state index in [9.17, 15) is 5.11 Å². The van der Waals surface area contributed by atoms with E-state index in [-0.39, 0.29) is 6.61 Å². The Morgan fingerprint density at radius 3 is 2.95 bits per heavy atom. The minimum absolute atomic E-state index is 0.241. The molecule has 2 rings (SSSR count). The van der Waals surface area contributed by atoms with Crippen LogP contribution in [0.2, 0.25) is 0 Å². The number of nitrogens with zero attached hydrogens (tertiary/aromatic N) is 1.